The highest BCUT2D eigenvalue weighted by atomic mass is 16.3. The minimum atomic E-state index is -0.223. The van der Waals surface area contributed by atoms with E-state index in [1.54, 1.807) is 0 Å². The zero-order chi connectivity index (χ0) is 54.0. The van der Waals surface area contributed by atoms with Crippen molar-refractivity contribution in [2.75, 3.05) is 0 Å². The number of fused-ring (bicyclic) bond motifs is 8. The van der Waals surface area contributed by atoms with Crippen molar-refractivity contribution < 1.29 is 20.4 Å². The number of aromatic hydroxyl groups is 4. The third kappa shape index (κ3) is 20.4. The molecule has 4 aromatic rings. The Morgan fingerprint density at radius 1 is 0.211 bits per heavy atom. The van der Waals surface area contributed by atoms with E-state index in [9.17, 15) is 20.4 Å². The minimum absolute atomic E-state index is 0.223. The summed E-state index contributed by atoms with van der Waals surface area (Å²) in [4.78, 5) is 0. The summed E-state index contributed by atoms with van der Waals surface area (Å²) in [7, 11) is 0. The van der Waals surface area contributed by atoms with Crippen molar-refractivity contribution in [2.45, 2.75) is 308 Å². The third-order valence-electron chi connectivity index (χ3n) is 17.8. The lowest BCUT2D eigenvalue weighted by Gasteiger charge is -2.29. The Kier molecular flexibility index (Phi) is 31.3. The molecule has 1 aliphatic rings. The molecule has 0 heterocycles. The molecule has 0 aromatic heterocycles. The number of rotatable bonds is 40. The highest BCUT2D eigenvalue weighted by molar-refractivity contribution is 5.60. The summed E-state index contributed by atoms with van der Waals surface area (Å²) in [6, 6.07) is 25.4. The fourth-order valence-corrected chi connectivity index (χ4v) is 13.1. The van der Waals surface area contributed by atoms with E-state index in [2.05, 4.69) is 100 Å². The van der Waals surface area contributed by atoms with E-state index in [0.717, 1.165) is 122 Å². The van der Waals surface area contributed by atoms with Gasteiger partial charge in [0, 0.05) is 68.2 Å². The van der Waals surface area contributed by atoms with Crippen LogP contribution in [0.25, 0.3) is 0 Å². The van der Waals surface area contributed by atoms with Gasteiger partial charge in [-0.15, -0.1) is 0 Å². The average Bonchev–Trinajstić information content (AvgIpc) is 3.43. The molecule has 4 N–H and O–H groups in total. The van der Waals surface area contributed by atoms with Crippen LogP contribution in [0.2, 0.25) is 0 Å². The van der Waals surface area contributed by atoms with Crippen LogP contribution >= 0.6 is 0 Å². The zero-order valence-electron chi connectivity index (χ0n) is 49.3. The summed E-state index contributed by atoms with van der Waals surface area (Å²) in [6.45, 7) is 9.12. The highest BCUT2D eigenvalue weighted by Gasteiger charge is 2.32. The predicted octanol–water partition coefficient (Wildman–Crippen LogP) is 23.0. The Morgan fingerprint density at radius 2 is 0.342 bits per heavy atom. The van der Waals surface area contributed by atoms with Crippen LogP contribution in [0.15, 0.2) is 72.8 Å². The van der Waals surface area contributed by atoms with Gasteiger partial charge in [-0.3, -0.25) is 0 Å². The second-order valence-electron chi connectivity index (χ2n) is 23.8. The second kappa shape index (κ2) is 37.8. The average molecular weight is 1040 g/mol. The van der Waals surface area contributed by atoms with Gasteiger partial charge in [0.1, 0.15) is 23.0 Å². The van der Waals surface area contributed by atoms with Crippen LogP contribution < -0.4 is 0 Å². The van der Waals surface area contributed by atoms with Crippen molar-refractivity contribution in [1.29, 1.82) is 0 Å². The van der Waals surface area contributed by atoms with E-state index in [1.165, 1.54) is 180 Å². The quantitative estimate of drug-likeness (QED) is 0.0335. The van der Waals surface area contributed by atoms with Crippen LogP contribution in [0.3, 0.4) is 0 Å². The molecule has 4 heteroatoms. The van der Waals surface area contributed by atoms with Gasteiger partial charge in [0.25, 0.3) is 0 Å². The molecule has 0 aliphatic heterocycles. The van der Waals surface area contributed by atoms with E-state index >= 15 is 0 Å². The molecule has 5 rings (SSSR count). The van der Waals surface area contributed by atoms with Gasteiger partial charge in [-0.2, -0.15) is 0 Å². The first-order valence-corrected chi connectivity index (χ1v) is 32.6. The molecular formula is C72H112O4. The Morgan fingerprint density at radius 3 is 0.487 bits per heavy atom. The van der Waals surface area contributed by atoms with Crippen molar-refractivity contribution in [2.24, 2.45) is 0 Å². The Hall–Kier alpha value is -3.92. The molecule has 0 radical (unpaired) electrons. The number of phenolic OH excluding ortho intramolecular Hbond substituents is 4. The number of hydrogen-bond donors (Lipinski definition) is 4. The van der Waals surface area contributed by atoms with Gasteiger partial charge < -0.3 is 20.4 Å². The largest absolute Gasteiger partial charge is 0.507 e. The van der Waals surface area contributed by atoms with Gasteiger partial charge >= 0.3 is 0 Å². The molecule has 0 atom stereocenters. The number of benzene rings is 4. The molecule has 0 saturated heterocycles. The van der Waals surface area contributed by atoms with Gasteiger partial charge in [-0.05, 0) is 25.7 Å². The molecule has 76 heavy (non-hydrogen) atoms. The molecule has 1 aliphatic carbocycles. The van der Waals surface area contributed by atoms with Gasteiger partial charge in [0.05, 0.1) is 0 Å². The molecule has 4 nitrogen and oxygen atoms in total. The first-order chi connectivity index (χ1) is 37.4. The maximum absolute atomic E-state index is 13.0. The molecule has 0 amide bonds. The van der Waals surface area contributed by atoms with Crippen LogP contribution in [0.1, 0.15) is 353 Å². The molecule has 0 spiro atoms. The summed E-state index contributed by atoms with van der Waals surface area (Å²) < 4.78 is 0. The Bertz CT molecular complexity index is 1750. The highest BCUT2D eigenvalue weighted by Crippen LogP contribution is 2.52. The predicted molar refractivity (Wildman–Crippen MR) is 327 cm³/mol. The van der Waals surface area contributed by atoms with Crippen LogP contribution in [0, 0.1) is 0 Å². The first kappa shape index (κ1) is 62.9. The smallest absolute Gasteiger partial charge is 0.123 e. The lowest BCUT2D eigenvalue weighted by atomic mass is 9.76. The maximum atomic E-state index is 13.0. The summed E-state index contributed by atoms with van der Waals surface area (Å²) in [5, 5.41) is 51.9. The van der Waals surface area contributed by atoms with E-state index in [4.69, 9.17) is 0 Å². The van der Waals surface area contributed by atoms with Crippen molar-refractivity contribution in [3.63, 3.8) is 0 Å². The van der Waals surface area contributed by atoms with Crippen molar-refractivity contribution in [3.05, 3.63) is 117 Å². The molecular weight excluding hydrogens is 929 g/mol. The SMILES string of the molecule is CCCCCCCCCCCC1c2cccc(c2O)C(CCCCCCCCCCC)c2cccc(c2O)C(CCCCCCCCCCC)c2cccc(c2O)C(CCCCCCCCCCC)c2cccc1c2O. The van der Waals surface area contributed by atoms with E-state index in [1.807, 2.05) is 0 Å². The van der Waals surface area contributed by atoms with Crippen LogP contribution in [0.5, 0.6) is 23.0 Å². The normalized spacial score (nSPS) is 16.4. The number of phenols is 4. The molecule has 0 fully saturated rings. The van der Waals surface area contributed by atoms with Gasteiger partial charge in [-0.1, -0.05) is 332 Å². The summed E-state index contributed by atoms with van der Waals surface area (Å²) >= 11 is 0. The summed E-state index contributed by atoms with van der Waals surface area (Å²) in [6.07, 6.45) is 47.7. The zero-order valence-corrected chi connectivity index (χ0v) is 49.3. The third-order valence-corrected chi connectivity index (χ3v) is 17.8. The summed E-state index contributed by atoms with van der Waals surface area (Å²) in [5.74, 6) is 0.356. The van der Waals surface area contributed by atoms with Gasteiger partial charge in [-0.25, -0.2) is 0 Å². The first-order valence-electron chi connectivity index (χ1n) is 32.6. The minimum Gasteiger partial charge on any atom is -0.507 e. The number of unbranched alkanes of at least 4 members (excludes halogenated alkanes) is 32. The molecule has 0 saturated carbocycles. The van der Waals surface area contributed by atoms with Crippen LogP contribution in [0.4, 0.5) is 0 Å². The fraction of sp³-hybridized carbons (Fsp3) is 0.667. The molecule has 4 aromatic carbocycles. The number of hydrogen-bond acceptors (Lipinski definition) is 4. The van der Waals surface area contributed by atoms with Gasteiger partial charge in [0.2, 0.25) is 0 Å². The molecule has 0 unspecified atom stereocenters. The van der Waals surface area contributed by atoms with E-state index < -0.39 is 0 Å². The Labute approximate surface area is 466 Å². The van der Waals surface area contributed by atoms with Gasteiger partial charge in [0.15, 0.2) is 0 Å². The lowest BCUT2D eigenvalue weighted by molar-refractivity contribution is 0.422. The standard InChI is InChI=1S/C72H112O4/c1-5-9-13-17-21-25-29-33-37-45-57-61-49-41-51-63(69(61)73)58(46-38-34-30-26-22-18-14-10-6-2)65-53-43-55-67(71(65)75)60(48-40-36-32-28-24-20-16-12-8-4)68-56-44-54-66(72(68)76)59(64-52-42-50-62(57)70(64)74)47-39-35-31-27-23-19-15-11-7-3/h41-44,49-60,73-76H,5-40,45-48H2,1-4H3. The van der Waals surface area contributed by atoms with Crippen LogP contribution in [-0.4, -0.2) is 20.4 Å². The fourth-order valence-electron chi connectivity index (χ4n) is 13.1. The van der Waals surface area contributed by atoms with Crippen molar-refractivity contribution in [1.82, 2.24) is 0 Å². The number of para-hydroxylation sites is 4. The van der Waals surface area contributed by atoms with Crippen molar-refractivity contribution >= 4 is 0 Å². The summed E-state index contributed by atoms with van der Waals surface area (Å²) in [5.41, 5.74) is 6.95. The maximum Gasteiger partial charge on any atom is 0.123 e. The molecule has 424 valence electrons. The molecule has 8 bridgehead atoms. The van der Waals surface area contributed by atoms with E-state index in [0.29, 0.717) is 23.0 Å². The van der Waals surface area contributed by atoms with Crippen molar-refractivity contribution in [3.8, 4) is 23.0 Å². The Balaban J connectivity index is 1.60. The second-order valence-corrected chi connectivity index (χ2v) is 23.8. The van der Waals surface area contributed by atoms with E-state index in [-0.39, 0.29) is 23.7 Å². The lowest BCUT2D eigenvalue weighted by Crippen LogP contribution is -2.11. The van der Waals surface area contributed by atoms with Crippen LogP contribution in [-0.2, 0) is 0 Å². The topological polar surface area (TPSA) is 80.9 Å². The monoisotopic (exact) mass is 1040 g/mol.